The topological polar surface area (TPSA) is 49.5 Å². The summed E-state index contributed by atoms with van der Waals surface area (Å²) < 4.78 is 0. The van der Waals surface area contributed by atoms with Crippen LogP contribution in [0.1, 0.15) is 17.5 Å². The van der Waals surface area contributed by atoms with Gasteiger partial charge in [0.15, 0.2) is 0 Å². The van der Waals surface area contributed by atoms with E-state index in [0.29, 0.717) is 6.54 Å². The third-order valence-electron chi connectivity index (χ3n) is 2.38. The molecule has 0 radical (unpaired) electrons. The van der Waals surface area contributed by atoms with Crippen molar-refractivity contribution in [1.82, 2.24) is 4.90 Å². The molecule has 3 nitrogen and oxygen atoms in total. The van der Waals surface area contributed by atoms with Crippen LogP contribution in [-0.2, 0) is 13.1 Å². The maximum absolute atomic E-state index is 8.72. The second-order valence-electron chi connectivity index (χ2n) is 3.84. The fourth-order valence-electron chi connectivity index (χ4n) is 1.59. The molecule has 15 heavy (non-hydrogen) atoms. The van der Waals surface area contributed by atoms with Gasteiger partial charge in [0, 0.05) is 26.2 Å². The van der Waals surface area contributed by atoms with Crippen LogP contribution in [0.25, 0.3) is 0 Å². The van der Waals surface area contributed by atoms with Gasteiger partial charge in [-0.1, -0.05) is 24.3 Å². The maximum atomic E-state index is 8.72. The number of nitrogens with two attached hydrogens (primary N) is 1. The molecule has 0 saturated carbocycles. The van der Waals surface area contributed by atoms with E-state index in [2.05, 4.69) is 24.1 Å². The number of aliphatic hydroxyl groups is 1. The van der Waals surface area contributed by atoms with Crippen molar-refractivity contribution < 1.29 is 5.11 Å². The summed E-state index contributed by atoms with van der Waals surface area (Å²) >= 11 is 0. The first-order valence-electron chi connectivity index (χ1n) is 5.33. The molecule has 3 N–H and O–H groups in total. The van der Waals surface area contributed by atoms with E-state index in [4.69, 9.17) is 10.8 Å². The normalized spacial score (nSPS) is 10.9. The van der Waals surface area contributed by atoms with Crippen molar-refractivity contribution in [2.45, 2.75) is 19.5 Å². The van der Waals surface area contributed by atoms with Gasteiger partial charge in [-0.3, -0.25) is 0 Å². The largest absolute Gasteiger partial charge is 0.396 e. The van der Waals surface area contributed by atoms with Gasteiger partial charge in [-0.05, 0) is 24.6 Å². The minimum absolute atomic E-state index is 0.257. The monoisotopic (exact) mass is 208 g/mol. The zero-order chi connectivity index (χ0) is 11.1. The minimum Gasteiger partial charge on any atom is -0.396 e. The van der Waals surface area contributed by atoms with E-state index in [1.165, 1.54) is 11.1 Å². The van der Waals surface area contributed by atoms with Gasteiger partial charge in [0.05, 0.1) is 0 Å². The van der Waals surface area contributed by atoms with Gasteiger partial charge in [0.1, 0.15) is 0 Å². The summed E-state index contributed by atoms with van der Waals surface area (Å²) in [6, 6.07) is 8.32. The Morgan fingerprint density at radius 1 is 1.33 bits per heavy atom. The van der Waals surface area contributed by atoms with Crippen molar-refractivity contribution in [1.29, 1.82) is 0 Å². The van der Waals surface area contributed by atoms with Gasteiger partial charge < -0.3 is 15.7 Å². The molecule has 0 unspecified atom stereocenters. The zero-order valence-electron chi connectivity index (χ0n) is 9.32. The van der Waals surface area contributed by atoms with Crippen LogP contribution in [0.2, 0.25) is 0 Å². The van der Waals surface area contributed by atoms with E-state index in [0.717, 1.165) is 19.5 Å². The smallest absolute Gasteiger partial charge is 0.0443 e. The van der Waals surface area contributed by atoms with Crippen molar-refractivity contribution in [2.75, 3.05) is 20.2 Å². The molecule has 0 bridgehead atoms. The first-order valence-corrected chi connectivity index (χ1v) is 5.33. The molecule has 84 valence electrons. The highest BCUT2D eigenvalue weighted by atomic mass is 16.3. The highest BCUT2D eigenvalue weighted by Gasteiger charge is 2.00. The maximum Gasteiger partial charge on any atom is 0.0443 e. The Bertz CT molecular complexity index is 289. The van der Waals surface area contributed by atoms with Crippen molar-refractivity contribution >= 4 is 0 Å². The number of aliphatic hydroxyl groups excluding tert-OH is 1. The predicted molar refractivity (Wildman–Crippen MR) is 62.4 cm³/mol. The van der Waals surface area contributed by atoms with Crippen LogP contribution in [0, 0.1) is 0 Å². The number of hydrogen-bond acceptors (Lipinski definition) is 3. The lowest BCUT2D eigenvalue weighted by atomic mass is 10.1. The highest BCUT2D eigenvalue weighted by Crippen LogP contribution is 2.07. The molecule has 0 fully saturated rings. The predicted octanol–water partition coefficient (Wildman–Crippen LogP) is 0.960. The SMILES string of the molecule is CN(CCCO)Cc1cccc(CN)c1. The number of rotatable bonds is 6. The van der Waals surface area contributed by atoms with E-state index < -0.39 is 0 Å². The van der Waals surface area contributed by atoms with E-state index in [-0.39, 0.29) is 6.61 Å². The summed E-state index contributed by atoms with van der Waals surface area (Å²) in [4.78, 5) is 2.20. The molecule has 0 heterocycles. The van der Waals surface area contributed by atoms with Crippen LogP contribution < -0.4 is 5.73 Å². The minimum atomic E-state index is 0.257. The Morgan fingerprint density at radius 3 is 2.73 bits per heavy atom. The van der Waals surface area contributed by atoms with Crippen LogP contribution in [0.15, 0.2) is 24.3 Å². The van der Waals surface area contributed by atoms with Crippen LogP contribution in [0.5, 0.6) is 0 Å². The molecule has 0 aliphatic rings. The first kappa shape index (κ1) is 12.2. The molecule has 0 atom stereocenters. The molecule has 0 saturated heterocycles. The van der Waals surface area contributed by atoms with Crippen molar-refractivity contribution in [3.05, 3.63) is 35.4 Å². The van der Waals surface area contributed by atoms with Crippen LogP contribution in [0.3, 0.4) is 0 Å². The fourth-order valence-corrected chi connectivity index (χ4v) is 1.59. The van der Waals surface area contributed by atoms with Crippen LogP contribution >= 0.6 is 0 Å². The third kappa shape index (κ3) is 4.42. The lowest BCUT2D eigenvalue weighted by molar-refractivity contribution is 0.244. The number of benzene rings is 1. The second-order valence-corrected chi connectivity index (χ2v) is 3.84. The van der Waals surface area contributed by atoms with E-state index in [9.17, 15) is 0 Å². The highest BCUT2D eigenvalue weighted by molar-refractivity contribution is 5.23. The Hall–Kier alpha value is -0.900. The lowest BCUT2D eigenvalue weighted by Crippen LogP contribution is -2.20. The molecular weight excluding hydrogens is 188 g/mol. The molecule has 0 aliphatic heterocycles. The first-order chi connectivity index (χ1) is 7.26. The molecule has 0 aromatic heterocycles. The van der Waals surface area contributed by atoms with Gasteiger partial charge in [-0.15, -0.1) is 0 Å². The molecule has 1 rings (SSSR count). The average Bonchev–Trinajstić information content (AvgIpc) is 2.26. The summed E-state index contributed by atoms with van der Waals surface area (Å²) in [5.74, 6) is 0. The van der Waals surface area contributed by atoms with Crippen LogP contribution in [0.4, 0.5) is 0 Å². The average molecular weight is 208 g/mol. The number of hydrogen-bond donors (Lipinski definition) is 2. The van der Waals surface area contributed by atoms with Gasteiger partial charge in [0.25, 0.3) is 0 Å². The molecule has 0 amide bonds. The molecular formula is C12H20N2O. The quantitative estimate of drug-likeness (QED) is 0.732. The van der Waals surface area contributed by atoms with Crippen molar-refractivity contribution in [2.24, 2.45) is 5.73 Å². The lowest BCUT2D eigenvalue weighted by Gasteiger charge is -2.16. The summed E-state index contributed by atoms with van der Waals surface area (Å²) in [6.45, 7) is 2.68. The summed E-state index contributed by atoms with van der Waals surface area (Å²) in [5, 5.41) is 8.72. The van der Waals surface area contributed by atoms with E-state index in [1.807, 2.05) is 12.1 Å². The van der Waals surface area contributed by atoms with Gasteiger partial charge in [-0.25, -0.2) is 0 Å². The summed E-state index contributed by atoms with van der Waals surface area (Å²) in [6.07, 6.45) is 0.826. The Kier molecular flexibility index (Phi) is 5.32. The van der Waals surface area contributed by atoms with Gasteiger partial charge >= 0.3 is 0 Å². The van der Waals surface area contributed by atoms with Crippen LogP contribution in [-0.4, -0.2) is 30.2 Å². The van der Waals surface area contributed by atoms with E-state index in [1.54, 1.807) is 0 Å². The summed E-state index contributed by atoms with van der Waals surface area (Å²) in [5.41, 5.74) is 8.03. The molecule has 3 heteroatoms. The molecule has 0 aliphatic carbocycles. The molecule has 0 spiro atoms. The Balaban J connectivity index is 2.48. The van der Waals surface area contributed by atoms with Crippen molar-refractivity contribution in [3.8, 4) is 0 Å². The fraction of sp³-hybridized carbons (Fsp3) is 0.500. The van der Waals surface area contributed by atoms with E-state index >= 15 is 0 Å². The number of nitrogens with zero attached hydrogens (tertiary/aromatic N) is 1. The zero-order valence-corrected chi connectivity index (χ0v) is 9.32. The van der Waals surface area contributed by atoms with Crippen molar-refractivity contribution in [3.63, 3.8) is 0 Å². The molecule has 1 aromatic rings. The van der Waals surface area contributed by atoms with Gasteiger partial charge in [0.2, 0.25) is 0 Å². The molecule has 1 aromatic carbocycles. The third-order valence-corrected chi connectivity index (χ3v) is 2.38. The summed E-state index contributed by atoms with van der Waals surface area (Å²) in [7, 11) is 2.06. The Morgan fingerprint density at radius 2 is 2.07 bits per heavy atom. The second kappa shape index (κ2) is 6.56. The van der Waals surface area contributed by atoms with Gasteiger partial charge in [-0.2, -0.15) is 0 Å². The standard InChI is InChI=1S/C12H20N2O/c1-14(6-3-7-15)10-12-5-2-4-11(8-12)9-13/h2,4-5,8,15H,3,6-7,9-10,13H2,1H3. The Labute approximate surface area is 91.5 Å².